The molecule has 2 rings (SSSR count). The Morgan fingerprint density at radius 2 is 1.75 bits per heavy atom. The normalized spacial score (nSPS) is 43.9. The molecule has 2 aliphatic heterocycles. The van der Waals surface area contributed by atoms with Gasteiger partial charge >= 0.3 is 0 Å². The summed E-state index contributed by atoms with van der Waals surface area (Å²) in [6, 6.07) is -0.421. The summed E-state index contributed by atoms with van der Waals surface area (Å²) in [5.41, 5.74) is -0.623. The highest BCUT2D eigenvalue weighted by atomic mass is 32.2. The van der Waals surface area contributed by atoms with Crippen LogP contribution in [0.25, 0.3) is 0 Å². The molecule has 6 nitrogen and oxygen atoms in total. The van der Waals surface area contributed by atoms with Gasteiger partial charge in [-0.25, -0.2) is 0 Å². The summed E-state index contributed by atoms with van der Waals surface area (Å²) in [4.78, 5) is 0. The Bertz CT molecular complexity index is 445. The highest BCUT2D eigenvalue weighted by molar-refractivity contribution is 8.00. The third-order valence-electron chi connectivity index (χ3n) is 4.21. The van der Waals surface area contributed by atoms with E-state index in [1.54, 1.807) is 0 Å². The summed E-state index contributed by atoms with van der Waals surface area (Å²) in [5.74, 6) is 0. The largest absolute Gasteiger partial charge is 0.598 e. The van der Waals surface area contributed by atoms with Crippen LogP contribution in [0.4, 0.5) is 0 Å². The minimum atomic E-state index is -1.34. The molecule has 0 amide bonds. The van der Waals surface area contributed by atoms with Gasteiger partial charge in [0.1, 0.15) is 34.6 Å². The first-order valence-corrected chi connectivity index (χ1v) is 10.4. The number of thioether (sulfide) groups is 1. The van der Waals surface area contributed by atoms with Crippen molar-refractivity contribution in [2.75, 3.05) is 0 Å². The molecule has 1 fully saturated rings. The van der Waals surface area contributed by atoms with Crippen molar-refractivity contribution in [3.8, 4) is 0 Å². The summed E-state index contributed by atoms with van der Waals surface area (Å²) in [5, 5.41) is 31.0. The van der Waals surface area contributed by atoms with Gasteiger partial charge in [-0.2, -0.15) is 0 Å². The van der Waals surface area contributed by atoms with Gasteiger partial charge in [-0.15, -0.1) is 16.5 Å². The van der Waals surface area contributed by atoms with Gasteiger partial charge in [-0.05, 0) is 33.6 Å². The van der Waals surface area contributed by atoms with Crippen molar-refractivity contribution in [1.29, 1.82) is 0 Å². The lowest BCUT2D eigenvalue weighted by Gasteiger charge is -2.44. The van der Waals surface area contributed by atoms with Crippen LogP contribution < -0.4 is 4.72 Å². The van der Waals surface area contributed by atoms with E-state index in [1.165, 1.54) is 11.8 Å². The molecule has 0 radical (unpaired) electrons. The third-order valence-corrected chi connectivity index (χ3v) is 7.15. The molecule has 140 valence electrons. The van der Waals surface area contributed by atoms with Gasteiger partial charge in [0.2, 0.25) is 0 Å². The smallest absolute Gasteiger partial charge is 0.136 e. The molecule has 4 N–H and O–H groups in total. The van der Waals surface area contributed by atoms with Gasteiger partial charge in [0.05, 0.1) is 6.04 Å². The molecule has 0 spiro atoms. The zero-order chi connectivity index (χ0) is 18.1. The van der Waals surface area contributed by atoms with Crippen molar-refractivity contribution >= 4 is 23.1 Å². The van der Waals surface area contributed by atoms with Crippen LogP contribution in [0.3, 0.4) is 0 Å². The molecule has 3 unspecified atom stereocenters. The van der Waals surface area contributed by atoms with E-state index < -0.39 is 52.0 Å². The van der Waals surface area contributed by atoms with E-state index in [1.807, 2.05) is 33.8 Å². The van der Waals surface area contributed by atoms with Crippen LogP contribution in [-0.4, -0.2) is 65.8 Å². The molecule has 0 aromatic heterocycles. The average Bonchev–Trinajstić information content (AvgIpc) is 2.49. The Hall–Kier alpha value is 0.200. The highest BCUT2D eigenvalue weighted by Crippen LogP contribution is 2.35. The topological polar surface area (TPSA) is 105 Å². The molecule has 0 aromatic carbocycles. The first kappa shape index (κ1) is 20.5. The van der Waals surface area contributed by atoms with Crippen molar-refractivity contribution in [3.63, 3.8) is 0 Å². The lowest BCUT2D eigenvalue weighted by molar-refractivity contribution is -0.203. The Morgan fingerprint density at radius 3 is 2.38 bits per heavy atom. The van der Waals surface area contributed by atoms with Crippen LogP contribution in [0.1, 0.15) is 40.5 Å². The fourth-order valence-electron chi connectivity index (χ4n) is 2.70. The second-order valence-corrected chi connectivity index (χ2v) is 11.0. The number of hydrogen-bond donors (Lipinski definition) is 4. The van der Waals surface area contributed by atoms with Gasteiger partial charge in [-0.1, -0.05) is 19.1 Å². The van der Waals surface area contributed by atoms with Gasteiger partial charge < -0.3 is 24.6 Å². The van der Waals surface area contributed by atoms with Crippen LogP contribution in [0.15, 0.2) is 12.2 Å². The molecular formula is C16H29NO5S2. The van der Waals surface area contributed by atoms with E-state index in [0.717, 1.165) is 6.42 Å². The van der Waals surface area contributed by atoms with E-state index >= 15 is 0 Å². The lowest BCUT2D eigenvalue weighted by Crippen LogP contribution is -2.63. The van der Waals surface area contributed by atoms with Gasteiger partial charge in [0.25, 0.3) is 0 Å². The second-order valence-electron chi connectivity index (χ2n) is 7.44. The lowest BCUT2D eigenvalue weighted by atomic mass is 9.93. The molecule has 0 aliphatic carbocycles. The number of aliphatic hydroxyl groups excluding tert-OH is 3. The van der Waals surface area contributed by atoms with E-state index in [2.05, 4.69) is 10.8 Å². The number of hydrogen-bond acceptors (Lipinski definition) is 7. The molecule has 1 saturated heterocycles. The third kappa shape index (κ3) is 4.88. The van der Waals surface area contributed by atoms with Crippen LogP contribution >= 0.6 is 11.8 Å². The van der Waals surface area contributed by atoms with Crippen LogP contribution in [0.5, 0.6) is 0 Å². The predicted octanol–water partition coefficient (Wildman–Crippen LogP) is 0.686. The van der Waals surface area contributed by atoms with Gasteiger partial charge in [0, 0.05) is 16.6 Å². The minimum absolute atomic E-state index is 0.220. The number of fused-ring (bicyclic) bond motifs is 2. The summed E-state index contributed by atoms with van der Waals surface area (Å²) in [7, 11) is 0. The molecule has 0 saturated carbocycles. The van der Waals surface area contributed by atoms with Crippen molar-refractivity contribution in [2.45, 2.75) is 86.4 Å². The fourth-order valence-corrected chi connectivity index (χ4v) is 4.75. The summed E-state index contributed by atoms with van der Waals surface area (Å²) in [6.07, 6.45) is 0.957. The number of rotatable bonds is 2. The second kappa shape index (κ2) is 8.26. The van der Waals surface area contributed by atoms with Crippen LogP contribution in [0, 0.1) is 0 Å². The maximum atomic E-state index is 12.5. The van der Waals surface area contributed by atoms with Crippen LogP contribution in [-0.2, 0) is 16.1 Å². The predicted molar refractivity (Wildman–Crippen MR) is 96.9 cm³/mol. The zero-order valence-corrected chi connectivity index (χ0v) is 16.2. The number of ether oxygens (including phenoxy) is 1. The number of allylic oxidation sites excluding steroid dienone is 1. The molecular weight excluding hydrogens is 350 g/mol. The maximum absolute atomic E-state index is 12.5. The van der Waals surface area contributed by atoms with E-state index in [4.69, 9.17) is 4.74 Å². The highest BCUT2D eigenvalue weighted by Gasteiger charge is 2.48. The Balaban J connectivity index is 2.24. The molecule has 0 aromatic rings. The Morgan fingerprint density at radius 1 is 1.12 bits per heavy atom. The van der Waals surface area contributed by atoms with Crippen molar-refractivity contribution in [3.05, 3.63) is 12.2 Å². The molecule has 24 heavy (non-hydrogen) atoms. The standard InChI is InChI=1S/C16H29NO5S2/c1-9-7-5-6-8-10(17-24(21)16(2,3)4)14-12(19)11(18)13(20)15(22-14)23-9/h5-6,9-15,17-20H,7-8H2,1-4H3/b6-5-/t9-,10-,11?,12+,13-,14-,15?,24?/m1/s1. The summed E-state index contributed by atoms with van der Waals surface area (Å²) >= 11 is 0.105. The first-order valence-electron chi connectivity index (χ1n) is 8.29. The maximum Gasteiger partial charge on any atom is 0.136 e. The van der Waals surface area contributed by atoms with Crippen molar-refractivity contribution in [1.82, 2.24) is 4.72 Å². The minimum Gasteiger partial charge on any atom is -0.598 e. The first-order chi connectivity index (χ1) is 11.1. The number of aliphatic hydroxyl groups is 3. The quantitative estimate of drug-likeness (QED) is 0.413. The Labute approximate surface area is 151 Å². The molecule has 2 heterocycles. The molecule has 2 aliphatic rings. The molecule has 8 heteroatoms. The SMILES string of the molecule is C[C@@H]1C/C=C\C[C@@H](N[S+]([O-])C(C)(C)C)[C@H]2OC(S1)[C@H](O)C(O)[C@@H]2O. The van der Waals surface area contributed by atoms with Crippen molar-refractivity contribution in [2.24, 2.45) is 0 Å². The average molecular weight is 380 g/mol. The molecule has 8 atom stereocenters. The summed E-state index contributed by atoms with van der Waals surface area (Å²) < 4.78 is 21.0. The van der Waals surface area contributed by atoms with E-state index in [-0.39, 0.29) is 5.25 Å². The Kier molecular flexibility index (Phi) is 7.06. The van der Waals surface area contributed by atoms with Crippen molar-refractivity contribution < 1.29 is 24.6 Å². The monoisotopic (exact) mass is 379 g/mol. The van der Waals surface area contributed by atoms with Crippen LogP contribution in [0.2, 0.25) is 0 Å². The number of nitrogens with one attached hydrogen (secondary N) is 1. The van der Waals surface area contributed by atoms with Gasteiger partial charge in [-0.3, -0.25) is 0 Å². The zero-order valence-electron chi connectivity index (χ0n) is 14.6. The van der Waals surface area contributed by atoms with E-state index in [9.17, 15) is 19.9 Å². The summed E-state index contributed by atoms with van der Waals surface area (Å²) in [6.45, 7) is 7.62. The molecule has 2 bridgehead atoms. The van der Waals surface area contributed by atoms with E-state index in [0.29, 0.717) is 6.42 Å². The van der Waals surface area contributed by atoms with Gasteiger partial charge in [0.15, 0.2) is 0 Å². The fraction of sp³-hybridized carbons (Fsp3) is 0.875.